The van der Waals surface area contributed by atoms with E-state index in [1.54, 1.807) is 0 Å². The van der Waals surface area contributed by atoms with Gasteiger partial charge in [-0.05, 0) is 37.6 Å². The first-order valence-electron chi connectivity index (χ1n) is 9.97. The highest BCUT2D eigenvalue weighted by Crippen LogP contribution is 2.13. The third kappa shape index (κ3) is 5.87. The smallest absolute Gasteiger partial charge is 0.317 e. The lowest BCUT2D eigenvalue weighted by Gasteiger charge is -2.36. The molecule has 26 heavy (non-hydrogen) atoms. The molecule has 1 unspecified atom stereocenters. The van der Waals surface area contributed by atoms with Crippen LogP contribution in [0.5, 0.6) is 0 Å². The molecule has 0 bridgehead atoms. The Hall–Kier alpha value is -1.82. The number of rotatable bonds is 8. The van der Waals surface area contributed by atoms with E-state index < -0.39 is 0 Å². The molecule has 1 fully saturated rings. The SMILES string of the molecule is CCN(CC)C(CNC(=O)N1CCN(c2ccccn2)CC1)CC(C)C. The number of hydrogen-bond acceptors (Lipinski definition) is 4. The number of carbonyl (C=O) groups is 1. The number of nitrogens with one attached hydrogen (secondary N) is 1. The summed E-state index contributed by atoms with van der Waals surface area (Å²) in [5.74, 6) is 1.62. The number of nitrogens with zero attached hydrogens (tertiary/aromatic N) is 4. The van der Waals surface area contributed by atoms with Gasteiger partial charge in [0.2, 0.25) is 0 Å². The zero-order valence-electron chi connectivity index (χ0n) is 16.8. The van der Waals surface area contributed by atoms with E-state index in [0.717, 1.165) is 58.1 Å². The second kappa shape index (κ2) is 10.4. The number of pyridine rings is 1. The molecule has 1 N–H and O–H groups in total. The van der Waals surface area contributed by atoms with Crippen molar-refractivity contribution in [3.05, 3.63) is 24.4 Å². The predicted octanol–water partition coefficient (Wildman–Crippen LogP) is 2.67. The summed E-state index contributed by atoms with van der Waals surface area (Å²) in [6, 6.07) is 6.42. The third-order valence-electron chi connectivity index (χ3n) is 5.10. The summed E-state index contributed by atoms with van der Waals surface area (Å²) in [5.41, 5.74) is 0. The largest absolute Gasteiger partial charge is 0.353 e. The average molecular weight is 362 g/mol. The number of hydrogen-bond donors (Lipinski definition) is 1. The van der Waals surface area contributed by atoms with Crippen molar-refractivity contribution in [3.8, 4) is 0 Å². The molecule has 0 radical (unpaired) electrons. The van der Waals surface area contributed by atoms with Crippen LogP contribution < -0.4 is 10.2 Å². The molecule has 1 atom stereocenters. The quantitative estimate of drug-likeness (QED) is 0.773. The van der Waals surface area contributed by atoms with Gasteiger partial charge in [-0.15, -0.1) is 0 Å². The Morgan fingerprint density at radius 1 is 1.19 bits per heavy atom. The van der Waals surface area contributed by atoms with Crippen molar-refractivity contribution in [1.82, 2.24) is 20.1 Å². The summed E-state index contributed by atoms with van der Waals surface area (Å²) >= 11 is 0. The van der Waals surface area contributed by atoms with Crippen LogP contribution in [0.2, 0.25) is 0 Å². The molecule has 1 aliphatic heterocycles. The second-order valence-corrected chi connectivity index (χ2v) is 7.35. The van der Waals surface area contributed by atoms with Crippen LogP contribution in [0.1, 0.15) is 34.1 Å². The fourth-order valence-electron chi connectivity index (χ4n) is 3.64. The Kier molecular flexibility index (Phi) is 8.16. The fraction of sp³-hybridized carbons (Fsp3) is 0.700. The normalized spacial score (nSPS) is 16.2. The second-order valence-electron chi connectivity index (χ2n) is 7.35. The summed E-state index contributed by atoms with van der Waals surface area (Å²) in [5, 5.41) is 3.17. The van der Waals surface area contributed by atoms with E-state index in [1.165, 1.54) is 0 Å². The first-order chi connectivity index (χ1) is 12.5. The van der Waals surface area contributed by atoms with Crippen molar-refractivity contribution in [2.75, 3.05) is 50.7 Å². The van der Waals surface area contributed by atoms with Crippen LogP contribution in [0.4, 0.5) is 10.6 Å². The van der Waals surface area contributed by atoms with Crippen molar-refractivity contribution in [1.29, 1.82) is 0 Å². The molecule has 0 aromatic carbocycles. The molecule has 146 valence electrons. The first kappa shape index (κ1) is 20.5. The molecule has 0 saturated carbocycles. The van der Waals surface area contributed by atoms with E-state index in [1.807, 2.05) is 29.3 Å². The molecule has 1 aromatic rings. The van der Waals surface area contributed by atoms with Gasteiger partial charge in [-0.1, -0.05) is 33.8 Å². The predicted molar refractivity (Wildman–Crippen MR) is 108 cm³/mol. The van der Waals surface area contributed by atoms with Crippen LogP contribution >= 0.6 is 0 Å². The highest BCUT2D eigenvalue weighted by molar-refractivity contribution is 5.74. The summed E-state index contributed by atoms with van der Waals surface area (Å²) in [6.45, 7) is 14.8. The molecule has 6 heteroatoms. The van der Waals surface area contributed by atoms with Crippen molar-refractivity contribution < 1.29 is 4.79 Å². The number of amides is 2. The van der Waals surface area contributed by atoms with E-state index in [0.29, 0.717) is 12.0 Å². The molecule has 0 spiro atoms. The molecule has 1 aliphatic rings. The van der Waals surface area contributed by atoms with E-state index in [4.69, 9.17) is 0 Å². The van der Waals surface area contributed by atoms with Crippen LogP contribution in [0, 0.1) is 5.92 Å². The lowest BCUT2D eigenvalue weighted by Crippen LogP contribution is -2.54. The molecule has 2 rings (SSSR count). The van der Waals surface area contributed by atoms with Crippen molar-refractivity contribution in [2.45, 2.75) is 40.2 Å². The Balaban J connectivity index is 1.82. The first-order valence-corrected chi connectivity index (χ1v) is 9.97. The number of piperazine rings is 1. The Morgan fingerprint density at radius 3 is 2.42 bits per heavy atom. The van der Waals surface area contributed by atoms with Crippen LogP contribution in [-0.2, 0) is 0 Å². The van der Waals surface area contributed by atoms with Crippen LogP contribution in [0.3, 0.4) is 0 Å². The summed E-state index contributed by atoms with van der Waals surface area (Å²) in [6.07, 6.45) is 2.92. The number of likely N-dealkylation sites (N-methyl/N-ethyl adjacent to an activating group) is 1. The maximum Gasteiger partial charge on any atom is 0.317 e. The summed E-state index contributed by atoms with van der Waals surface area (Å²) in [7, 11) is 0. The molecule has 2 heterocycles. The van der Waals surface area contributed by atoms with Gasteiger partial charge in [0, 0.05) is 45.0 Å². The molecular weight excluding hydrogens is 326 g/mol. The van der Waals surface area contributed by atoms with Gasteiger partial charge in [-0.2, -0.15) is 0 Å². The third-order valence-corrected chi connectivity index (χ3v) is 5.10. The summed E-state index contributed by atoms with van der Waals surface area (Å²) in [4.78, 5) is 23.6. The monoisotopic (exact) mass is 361 g/mol. The number of anilines is 1. The molecule has 1 aromatic heterocycles. The van der Waals surface area contributed by atoms with Gasteiger partial charge in [-0.3, -0.25) is 4.90 Å². The Labute approximate surface area is 158 Å². The number of carbonyl (C=O) groups excluding carboxylic acids is 1. The van der Waals surface area contributed by atoms with Gasteiger partial charge >= 0.3 is 6.03 Å². The Bertz CT molecular complexity index is 524. The highest BCUT2D eigenvalue weighted by atomic mass is 16.2. The lowest BCUT2D eigenvalue weighted by molar-refractivity contribution is 0.169. The van der Waals surface area contributed by atoms with Crippen molar-refractivity contribution in [3.63, 3.8) is 0 Å². The van der Waals surface area contributed by atoms with Gasteiger partial charge in [0.25, 0.3) is 0 Å². The van der Waals surface area contributed by atoms with Gasteiger partial charge in [0.05, 0.1) is 0 Å². The van der Waals surface area contributed by atoms with Crippen LogP contribution in [0.25, 0.3) is 0 Å². The van der Waals surface area contributed by atoms with Gasteiger partial charge in [-0.25, -0.2) is 9.78 Å². The van der Waals surface area contributed by atoms with Crippen molar-refractivity contribution >= 4 is 11.8 Å². The van der Waals surface area contributed by atoms with Crippen LogP contribution in [-0.4, -0.2) is 72.7 Å². The zero-order valence-corrected chi connectivity index (χ0v) is 16.8. The van der Waals surface area contributed by atoms with Crippen LogP contribution in [0.15, 0.2) is 24.4 Å². The van der Waals surface area contributed by atoms with E-state index in [-0.39, 0.29) is 6.03 Å². The minimum Gasteiger partial charge on any atom is -0.353 e. The molecule has 0 aliphatic carbocycles. The number of aromatic nitrogens is 1. The average Bonchev–Trinajstić information content (AvgIpc) is 2.67. The minimum absolute atomic E-state index is 0.0617. The molecule has 2 amide bonds. The minimum atomic E-state index is 0.0617. The topological polar surface area (TPSA) is 51.7 Å². The van der Waals surface area contributed by atoms with E-state index in [9.17, 15) is 4.79 Å². The zero-order chi connectivity index (χ0) is 18.9. The Morgan fingerprint density at radius 2 is 1.88 bits per heavy atom. The molecular formula is C20H35N5O. The lowest BCUT2D eigenvalue weighted by atomic mass is 10.0. The van der Waals surface area contributed by atoms with E-state index >= 15 is 0 Å². The van der Waals surface area contributed by atoms with Gasteiger partial charge in [0.15, 0.2) is 0 Å². The van der Waals surface area contributed by atoms with Gasteiger partial charge in [0.1, 0.15) is 5.82 Å². The standard InChI is InChI=1S/C20H35N5O/c1-5-23(6-2)18(15-17(3)4)16-22-20(26)25-13-11-24(12-14-25)19-9-7-8-10-21-19/h7-10,17-18H,5-6,11-16H2,1-4H3,(H,22,26). The maximum atomic E-state index is 12.6. The van der Waals surface area contributed by atoms with E-state index in [2.05, 4.69) is 47.8 Å². The highest BCUT2D eigenvalue weighted by Gasteiger charge is 2.23. The molecule has 1 saturated heterocycles. The van der Waals surface area contributed by atoms with Crippen molar-refractivity contribution in [2.24, 2.45) is 5.92 Å². The molecule has 6 nitrogen and oxygen atoms in total. The summed E-state index contributed by atoms with van der Waals surface area (Å²) < 4.78 is 0. The van der Waals surface area contributed by atoms with Gasteiger partial charge < -0.3 is 15.1 Å². The maximum absolute atomic E-state index is 12.6. The fourth-order valence-corrected chi connectivity index (χ4v) is 3.64. The number of urea groups is 1.